The Morgan fingerprint density at radius 1 is 0.941 bits per heavy atom. The van der Waals surface area contributed by atoms with Crippen LogP contribution in [-0.2, 0) is 17.9 Å². The van der Waals surface area contributed by atoms with Crippen molar-refractivity contribution in [2.24, 2.45) is 0 Å². The highest BCUT2D eigenvalue weighted by atomic mass is 32.2. The van der Waals surface area contributed by atoms with Gasteiger partial charge in [-0.25, -0.2) is 0 Å². The minimum absolute atomic E-state index is 0.0457. The Bertz CT molecular complexity index is 1270. The average Bonchev–Trinajstić information content (AvgIpc) is 3.50. The first-order valence-electron chi connectivity index (χ1n) is 11.8. The minimum Gasteiger partial charge on any atom is -0.325 e. The molecular formula is C27H29N5OS. The van der Waals surface area contributed by atoms with Crippen LogP contribution in [0.5, 0.6) is 0 Å². The van der Waals surface area contributed by atoms with Crippen LogP contribution >= 0.6 is 11.8 Å². The van der Waals surface area contributed by atoms with Crippen molar-refractivity contribution >= 4 is 34.1 Å². The second-order valence-corrected chi connectivity index (χ2v) is 10.1. The van der Waals surface area contributed by atoms with E-state index in [2.05, 4.69) is 49.2 Å². The van der Waals surface area contributed by atoms with E-state index < -0.39 is 0 Å². The highest BCUT2D eigenvalue weighted by Crippen LogP contribution is 2.26. The molecule has 0 spiro atoms. The number of carbonyl (C=O) groups excluding carboxylic acids is 1. The summed E-state index contributed by atoms with van der Waals surface area (Å²) in [5.74, 6) is 0.908. The quantitative estimate of drug-likeness (QED) is 0.358. The average molecular weight is 472 g/mol. The lowest BCUT2D eigenvalue weighted by Gasteiger charge is -2.17. The second kappa shape index (κ2) is 10.4. The monoisotopic (exact) mass is 471 g/mol. The fraction of sp³-hybridized carbons (Fsp3) is 0.296. The molecule has 1 aromatic heterocycles. The molecule has 1 aliphatic rings. The number of thioether (sulfide) groups is 1. The topological polar surface area (TPSA) is 63.1 Å². The molecular weight excluding hydrogens is 442 g/mol. The summed E-state index contributed by atoms with van der Waals surface area (Å²) in [5, 5.41) is 14.8. The summed E-state index contributed by atoms with van der Waals surface area (Å²) in [6.45, 7) is 5.61. The van der Waals surface area contributed by atoms with Gasteiger partial charge in [-0.1, -0.05) is 72.4 Å². The number of hydrogen-bond donors (Lipinski definition) is 1. The zero-order chi connectivity index (χ0) is 23.3. The molecule has 3 aromatic carbocycles. The standard InChI is InChI=1S/C27H29N5OS/c1-20(26(33)28-24-14-13-22-11-5-6-12-23(22)17-24)34-27-30-29-25(19-31-15-7-8-16-31)32(27)18-21-9-3-2-4-10-21/h2-6,9-14,17,20H,7-8,15-16,18-19H2,1H3,(H,28,33). The number of nitrogens with one attached hydrogen (secondary N) is 1. The lowest BCUT2D eigenvalue weighted by atomic mass is 10.1. The highest BCUT2D eigenvalue weighted by Gasteiger charge is 2.22. The van der Waals surface area contributed by atoms with Gasteiger partial charge in [0.1, 0.15) is 5.82 Å². The molecule has 34 heavy (non-hydrogen) atoms. The number of aromatic nitrogens is 3. The van der Waals surface area contributed by atoms with Crippen LogP contribution in [-0.4, -0.2) is 43.9 Å². The number of likely N-dealkylation sites (tertiary alicyclic amines) is 1. The van der Waals surface area contributed by atoms with Gasteiger partial charge in [0, 0.05) is 5.69 Å². The number of carbonyl (C=O) groups is 1. The van der Waals surface area contributed by atoms with Crippen LogP contribution in [0.2, 0.25) is 0 Å². The van der Waals surface area contributed by atoms with E-state index in [-0.39, 0.29) is 11.2 Å². The first kappa shape index (κ1) is 22.6. The van der Waals surface area contributed by atoms with Crippen LogP contribution in [0.4, 0.5) is 5.69 Å². The van der Waals surface area contributed by atoms with E-state index in [9.17, 15) is 4.79 Å². The van der Waals surface area contributed by atoms with Crippen LogP contribution in [0, 0.1) is 0 Å². The van der Waals surface area contributed by atoms with Gasteiger partial charge < -0.3 is 9.88 Å². The molecule has 1 saturated heterocycles. The molecule has 1 amide bonds. The third kappa shape index (κ3) is 5.32. The molecule has 0 radical (unpaired) electrons. The number of anilines is 1. The van der Waals surface area contributed by atoms with Gasteiger partial charge in [-0.2, -0.15) is 0 Å². The van der Waals surface area contributed by atoms with E-state index in [0.29, 0.717) is 6.54 Å². The van der Waals surface area contributed by atoms with Crippen LogP contribution in [0.3, 0.4) is 0 Å². The number of benzene rings is 3. The highest BCUT2D eigenvalue weighted by molar-refractivity contribution is 8.00. The third-order valence-electron chi connectivity index (χ3n) is 6.21. The number of rotatable bonds is 8. The Balaban J connectivity index is 1.32. The van der Waals surface area contributed by atoms with Gasteiger partial charge in [-0.05, 0) is 61.3 Å². The third-order valence-corrected chi connectivity index (χ3v) is 7.29. The summed E-state index contributed by atoms with van der Waals surface area (Å²) in [7, 11) is 0. The van der Waals surface area contributed by atoms with E-state index in [1.54, 1.807) is 0 Å². The van der Waals surface area contributed by atoms with Gasteiger partial charge in [0.2, 0.25) is 5.91 Å². The normalized spacial score (nSPS) is 15.0. The predicted octanol–water partition coefficient (Wildman–Crippen LogP) is 5.19. The lowest BCUT2D eigenvalue weighted by Crippen LogP contribution is -2.24. The van der Waals surface area contributed by atoms with E-state index >= 15 is 0 Å². The summed E-state index contributed by atoms with van der Waals surface area (Å²) in [5.41, 5.74) is 2.00. The Morgan fingerprint density at radius 3 is 2.47 bits per heavy atom. The smallest absolute Gasteiger partial charge is 0.237 e. The second-order valence-electron chi connectivity index (χ2n) is 8.77. The largest absolute Gasteiger partial charge is 0.325 e. The van der Waals surface area contributed by atoms with Crippen LogP contribution in [0.1, 0.15) is 31.2 Å². The molecule has 1 atom stereocenters. The maximum Gasteiger partial charge on any atom is 0.237 e. The Kier molecular flexibility index (Phi) is 6.92. The SMILES string of the molecule is CC(Sc1nnc(CN2CCCC2)n1Cc1ccccc1)C(=O)Nc1ccc2ccccc2c1. The molecule has 4 aromatic rings. The lowest BCUT2D eigenvalue weighted by molar-refractivity contribution is -0.115. The Hall–Kier alpha value is -3.16. The van der Waals surface area contributed by atoms with Gasteiger partial charge in [-0.15, -0.1) is 10.2 Å². The van der Waals surface area contributed by atoms with Crippen LogP contribution in [0.25, 0.3) is 10.8 Å². The molecule has 5 rings (SSSR count). The molecule has 0 aliphatic carbocycles. The Morgan fingerprint density at radius 2 is 1.68 bits per heavy atom. The minimum atomic E-state index is -0.315. The van der Waals surface area contributed by atoms with Crippen molar-refractivity contribution in [1.82, 2.24) is 19.7 Å². The molecule has 2 heterocycles. The molecule has 1 N–H and O–H groups in total. The van der Waals surface area contributed by atoms with E-state index in [0.717, 1.165) is 47.1 Å². The number of fused-ring (bicyclic) bond motifs is 1. The maximum absolute atomic E-state index is 13.0. The molecule has 7 heteroatoms. The van der Waals surface area contributed by atoms with Crippen molar-refractivity contribution in [3.05, 3.63) is 84.2 Å². The van der Waals surface area contributed by atoms with Gasteiger partial charge in [0.05, 0.1) is 18.3 Å². The van der Waals surface area contributed by atoms with Gasteiger partial charge in [0.15, 0.2) is 5.16 Å². The summed E-state index contributed by atoms with van der Waals surface area (Å²) in [6, 6.07) is 24.5. The van der Waals surface area contributed by atoms with Crippen LogP contribution in [0.15, 0.2) is 78.0 Å². The van der Waals surface area contributed by atoms with Crippen molar-refractivity contribution in [1.29, 1.82) is 0 Å². The van der Waals surface area contributed by atoms with Crippen molar-refractivity contribution in [2.45, 2.75) is 43.3 Å². The van der Waals surface area contributed by atoms with E-state index in [1.165, 1.54) is 30.2 Å². The first-order valence-corrected chi connectivity index (χ1v) is 12.7. The fourth-order valence-electron chi connectivity index (χ4n) is 4.31. The number of nitrogens with zero attached hydrogens (tertiary/aromatic N) is 4. The summed E-state index contributed by atoms with van der Waals surface area (Å²) < 4.78 is 2.16. The molecule has 0 bridgehead atoms. The van der Waals surface area contributed by atoms with Gasteiger partial charge in [-0.3, -0.25) is 9.69 Å². The molecule has 1 aliphatic heterocycles. The summed E-state index contributed by atoms with van der Waals surface area (Å²) >= 11 is 1.46. The number of hydrogen-bond acceptors (Lipinski definition) is 5. The van der Waals surface area contributed by atoms with Crippen molar-refractivity contribution in [3.63, 3.8) is 0 Å². The zero-order valence-electron chi connectivity index (χ0n) is 19.4. The fourth-order valence-corrected chi connectivity index (χ4v) is 5.18. The first-order chi connectivity index (χ1) is 16.7. The molecule has 174 valence electrons. The van der Waals surface area contributed by atoms with E-state index in [4.69, 9.17) is 0 Å². The van der Waals surface area contributed by atoms with Crippen LogP contribution < -0.4 is 5.32 Å². The molecule has 1 unspecified atom stereocenters. The van der Waals surface area contributed by atoms with Crippen molar-refractivity contribution in [3.8, 4) is 0 Å². The Labute approximate surface area is 204 Å². The van der Waals surface area contributed by atoms with Gasteiger partial charge >= 0.3 is 0 Å². The summed E-state index contributed by atoms with van der Waals surface area (Å²) in [6.07, 6.45) is 2.47. The van der Waals surface area contributed by atoms with E-state index in [1.807, 2.05) is 55.5 Å². The molecule has 1 fully saturated rings. The number of amides is 1. The summed E-state index contributed by atoms with van der Waals surface area (Å²) in [4.78, 5) is 15.4. The zero-order valence-corrected chi connectivity index (χ0v) is 20.2. The van der Waals surface area contributed by atoms with Crippen molar-refractivity contribution in [2.75, 3.05) is 18.4 Å². The predicted molar refractivity (Wildman–Crippen MR) is 138 cm³/mol. The molecule has 6 nitrogen and oxygen atoms in total. The van der Waals surface area contributed by atoms with Crippen molar-refractivity contribution < 1.29 is 4.79 Å². The molecule has 0 saturated carbocycles. The van der Waals surface area contributed by atoms with Gasteiger partial charge in [0.25, 0.3) is 0 Å². The maximum atomic E-state index is 13.0.